The van der Waals surface area contributed by atoms with Crippen molar-refractivity contribution in [2.45, 2.75) is 44.7 Å². The Hall–Kier alpha value is -1.94. The number of methoxy groups -OCH3 is 1. The van der Waals surface area contributed by atoms with E-state index >= 15 is 0 Å². The highest BCUT2D eigenvalue weighted by atomic mass is 35.5. The first-order valence-corrected chi connectivity index (χ1v) is 12.3. The van der Waals surface area contributed by atoms with Crippen LogP contribution in [-0.2, 0) is 27.5 Å². The van der Waals surface area contributed by atoms with Gasteiger partial charge in [0, 0.05) is 29.6 Å². The topological polar surface area (TPSA) is 92.8 Å². The molecule has 7 nitrogen and oxygen atoms in total. The predicted molar refractivity (Wildman–Crippen MR) is 124 cm³/mol. The van der Waals surface area contributed by atoms with Crippen molar-refractivity contribution in [3.05, 3.63) is 45.8 Å². The first kappa shape index (κ1) is 25.3. The molecule has 0 aliphatic carbocycles. The molecule has 31 heavy (non-hydrogen) atoms. The van der Waals surface area contributed by atoms with Gasteiger partial charge in [-0.15, -0.1) is 23.7 Å². The second kappa shape index (κ2) is 10.1. The summed E-state index contributed by atoms with van der Waals surface area (Å²) in [6.07, 6.45) is 0.703. The molecular formula is C21H27ClN2O5S2. The molecule has 0 unspecified atom stereocenters. The summed E-state index contributed by atoms with van der Waals surface area (Å²) in [5, 5.41) is 3.24. The third-order valence-corrected chi connectivity index (χ3v) is 8.13. The Morgan fingerprint density at radius 3 is 2.61 bits per heavy atom. The van der Waals surface area contributed by atoms with Gasteiger partial charge in [0.25, 0.3) is 5.91 Å². The third kappa shape index (κ3) is 5.28. The van der Waals surface area contributed by atoms with Crippen molar-refractivity contribution in [1.82, 2.24) is 4.90 Å². The molecule has 0 atom stereocenters. The van der Waals surface area contributed by atoms with Crippen molar-refractivity contribution in [3.8, 4) is 0 Å². The molecule has 1 aliphatic heterocycles. The van der Waals surface area contributed by atoms with E-state index in [2.05, 4.69) is 24.1 Å². The van der Waals surface area contributed by atoms with Gasteiger partial charge in [-0.2, -0.15) is 0 Å². The first-order valence-electron chi connectivity index (χ1n) is 9.79. The molecule has 1 aromatic heterocycles. The Morgan fingerprint density at radius 2 is 2.00 bits per heavy atom. The van der Waals surface area contributed by atoms with Crippen molar-refractivity contribution < 1.29 is 22.7 Å². The lowest BCUT2D eigenvalue weighted by molar-refractivity contribution is 0.0600. The summed E-state index contributed by atoms with van der Waals surface area (Å²) < 4.78 is 29.2. The quantitative estimate of drug-likeness (QED) is 0.625. The number of thiophene rings is 1. The minimum Gasteiger partial charge on any atom is -0.465 e. The molecule has 0 spiro atoms. The molecule has 1 aliphatic rings. The molecule has 170 valence electrons. The number of carbonyl (C=O) groups excluding carboxylic acids is 2. The summed E-state index contributed by atoms with van der Waals surface area (Å²) in [6.45, 7) is 7.35. The normalized spacial score (nSPS) is 14.0. The standard InChI is InChI=1S/C21H26N2O5S2.ClH/c1-5-30(26,27)15-8-6-7-14(11-15)19(24)22-20-18(21(25)28-4)16-9-10-23(13(2)3)12-17(16)29-20;/h6-8,11,13H,5,9-10,12H2,1-4H3,(H,22,24);1H. The van der Waals surface area contributed by atoms with E-state index in [0.29, 0.717) is 29.6 Å². The van der Waals surface area contributed by atoms with Gasteiger partial charge in [-0.25, -0.2) is 13.2 Å². The Kier molecular flexibility index (Phi) is 8.27. The fourth-order valence-electron chi connectivity index (χ4n) is 3.44. The number of anilines is 1. The molecule has 1 N–H and O–H groups in total. The van der Waals surface area contributed by atoms with Gasteiger partial charge in [0.15, 0.2) is 9.84 Å². The predicted octanol–water partition coefficient (Wildman–Crippen LogP) is 3.77. The molecular weight excluding hydrogens is 460 g/mol. The van der Waals surface area contributed by atoms with Gasteiger partial charge < -0.3 is 10.1 Å². The Labute approximate surface area is 193 Å². The van der Waals surface area contributed by atoms with E-state index < -0.39 is 21.7 Å². The fraction of sp³-hybridized carbons (Fsp3) is 0.429. The van der Waals surface area contributed by atoms with Crippen LogP contribution in [0, 0.1) is 0 Å². The molecule has 2 heterocycles. The van der Waals surface area contributed by atoms with E-state index in [9.17, 15) is 18.0 Å². The maximum absolute atomic E-state index is 12.9. The van der Waals surface area contributed by atoms with E-state index in [-0.39, 0.29) is 28.6 Å². The van der Waals surface area contributed by atoms with Gasteiger partial charge in [-0.1, -0.05) is 13.0 Å². The zero-order chi connectivity index (χ0) is 22.1. The van der Waals surface area contributed by atoms with Gasteiger partial charge in [-0.3, -0.25) is 9.69 Å². The van der Waals surface area contributed by atoms with Gasteiger partial charge in [0.2, 0.25) is 0 Å². The summed E-state index contributed by atoms with van der Waals surface area (Å²) in [5.74, 6) is -0.995. The lowest BCUT2D eigenvalue weighted by Crippen LogP contribution is -2.35. The van der Waals surface area contributed by atoms with Crippen LogP contribution in [-0.4, -0.2) is 50.6 Å². The van der Waals surface area contributed by atoms with Crippen LogP contribution in [0.15, 0.2) is 29.2 Å². The van der Waals surface area contributed by atoms with Crippen LogP contribution >= 0.6 is 23.7 Å². The van der Waals surface area contributed by atoms with Crippen molar-refractivity contribution in [2.24, 2.45) is 0 Å². The van der Waals surface area contributed by atoms with E-state index in [1.54, 1.807) is 19.1 Å². The van der Waals surface area contributed by atoms with Crippen molar-refractivity contribution >= 4 is 50.5 Å². The number of hydrogen-bond acceptors (Lipinski definition) is 7. The van der Waals surface area contributed by atoms with E-state index in [4.69, 9.17) is 4.74 Å². The zero-order valence-corrected chi connectivity index (χ0v) is 20.4. The molecule has 0 saturated carbocycles. The number of benzene rings is 1. The molecule has 0 saturated heterocycles. The highest BCUT2D eigenvalue weighted by molar-refractivity contribution is 7.91. The number of fused-ring (bicyclic) bond motifs is 1. The Bertz CT molecular complexity index is 1080. The molecule has 0 bridgehead atoms. The van der Waals surface area contributed by atoms with Crippen LogP contribution in [0.5, 0.6) is 0 Å². The van der Waals surface area contributed by atoms with Gasteiger partial charge in [0.1, 0.15) is 5.00 Å². The van der Waals surface area contributed by atoms with Crippen LogP contribution < -0.4 is 5.32 Å². The lowest BCUT2D eigenvalue weighted by Gasteiger charge is -2.30. The van der Waals surface area contributed by atoms with Crippen molar-refractivity contribution in [1.29, 1.82) is 0 Å². The van der Waals surface area contributed by atoms with Crippen LogP contribution in [0.2, 0.25) is 0 Å². The summed E-state index contributed by atoms with van der Waals surface area (Å²) in [6, 6.07) is 6.30. The highest BCUT2D eigenvalue weighted by Crippen LogP contribution is 2.38. The maximum atomic E-state index is 12.9. The lowest BCUT2D eigenvalue weighted by atomic mass is 10.0. The van der Waals surface area contributed by atoms with Crippen LogP contribution in [0.3, 0.4) is 0 Å². The van der Waals surface area contributed by atoms with E-state index in [0.717, 1.165) is 17.0 Å². The average molecular weight is 487 g/mol. The molecule has 0 radical (unpaired) electrons. The molecule has 10 heteroatoms. The second-order valence-electron chi connectivity index (χ2n) is 7.40. The molecule has 1 amide bonds. The number of rotatable bonds is 6. The number of nitrogens with zero attached hydrogens (tertiary/aromatic N) is 1. The first-order chi connectivity index (χ1) is 14.2. The number of hydrogen-bond donors (Lipinski definition) is 1. The number of carbonyl (C=O) groups is 2. The molecule has 2 aromatic rings. The number of halogens is 1. The zero-order valence-electron chi connectivity index (χ0n) is 17.9. The van der Waals surface area contributed by atoms with Gasteiger partial charge in [-0.05, 0) is 44.0 Å². The minimum absolute atomic E-state index is 0. The minimum atomic E-state index is -3.43. The monoisotopic (exact) mass is 486 g/mol. The molecule has 1 aromatic carbocycles. The summed E-state index contributed by atoms with van der Waals surface area (Å²) in [4.78, 5) is 28.8. The third-order valence-electron chi connectivity index (χ3n) is 5.27. The summed E-state index contributed by atoms with van der Waals surface area (Å²) >= 11 is 1.37. The Morgan fingerprint density at radius 1 is 1.29 bits per heavy atom. The number of amides is 1. The largest absolute Gasteiger partial charge is 0.465 e. The van der Waals surface area contributed by atoms with Crippen LogP contribution in [0.4, 0.5) is 5.00 Å². The SMILES string of the molecule is CCS(=O)(=O)c1cccc(C(=O)Nc2sc3c(c2C(=O)OC)CCN(C(C)C)C3)c1.Cl. The Balaban J connectivity index is 0.00000341. The number of sulfone groups is 1. The second-order valence-corrected chi connectivity index (χ2v) is 10.8. The van der Waals surface area contributed by atoms with E-state index in [1.807, 2.05) is 0 Å². The molecule has 0 fully saturated rings. The number of ether oxygens (including phenoxy) is 1. The van der Waals surface area contributed by atoms with Crippen LogP contribution in [0.1, 0.15) is 51.9 Å². The number of esters is 1. The van der Waals surface area contributed by atoms with Crippen molar-refractivity contribution in [2.75, 3.05) is 24.7 Å². The molecule has 3 rings (SSSR count). The van der Waals surface area contributed by atoms with Crippen molar-refractivity contribution in [3.63, 3.8) is 0 Å². The van der Waals surface area contributed by atoms with Gasteiger partial charge in [0.05, 0.1) is 23.3 Å². The van der Waals surface area contributed by atoms with Crippen LogP contribution in [0.25, 0.3) is 0 Å². The maximum Gasteiger partial charge on any atom is 0.341 e. The average Bonchev–Trinajstić information content (AvgIpc) is 3.10. The number of nitrogens with one attached hydrogen (secondary N) is 1. The fourth-order valence-corrected chi connectivity index (χ4v) is 5.63. The van der Waals surface area contributed by atoms with E-state index in [1.165, 1.54) is 30.6 Å². The summed E-state index contributed by atoms with van der Waals surface area (Å²) in [5.41, 5.74) is 1.53. The summed E-state index contributed by atoms with van der Waals surface area (Å²) in [7, 11) is -2.11. The smallest absolute Gasteiger partial charge is 0.341 e. The van der Waals surface area contributed by atoms with Gasteiger partial charge >= 0.3 is 5.97 Å². The highest BCUT2D eigenvalue weighted by Gasteiger charge is 2.30.